The van der Waals surface area contributed by atoms with E-state index in [1.807, 2.05) is 0 Å². The maximum atomic E-state index is 12.8. The first-order valence-electron chi connectivity index (χ1n) is 7.02. The zero-order chi connectivity index (χ0) is 14.8. The van der Waals surface area contributed by atoms with Crippen LogP contribution in [0.4, 0.5) is 0 Å². The Hall–Kier alpha value is -2.09. The van der Waals surface area contributed by atoms with Gasteiger partial charge in [-0.1, -0.05) is 31.8 Å². The Balaban J connectivity index is 2.26. The molecule has 8 heteroatoms. The molecule has 0 bridgehead atoms. The number of tetrazole rings is 1. The smallest absolute Gasteiger partial charge is 0.268 e. The van der Waals surface area contributed by atoms with Gasteiger partial charge < -0.3 is 0 Å². The van der Waals surface area contributed by atoms with Crippen molar-refractivity contribution in [3.05, 3.63) is 27.1 Å². The molecule has 21 heavy (non-hydrogen) atoms. The van der Waals surface area contributed by atoms with E-state index < -0.39 is 0 Å². The molecule has 3 rings (SSSR count). The fraction of sp³-hybridized carbons (Fsp3) is 0.462. The largest absolute Gasteiger partial charge is 0.269 e. The van der Waals surface area contributed by atoms with Gasteiger partial charge in [0.2, 0.25) is 0 Å². The van der Waals surface area contributed by atoms with Gasteiger partial charge in [-0.25, -0.2) is 14.6 Å². The summed E-state index contributed by atoms with van der Waals surface area (Å²) in [6.07, 6.45) is 5.42. The van der Waals surface area contributed by atoms with Crippen molar-refractivity contribution < 1.29 is 0 Å². The summed E-state index contributed by atoms with van der Waals surface area (Å²) >= 11 is 1.62. The minimum Gasteiger partial charge on any atom is -0.268 e. The van der Waals surface area contributed by atoms with Gasteiger partial charge in [0.15, 0.2) is 0 Å². The molecule has 0 saturated carbocycles. The highest BCUT2D eigenvalue weighted by Gasteiger charge is 2.17. The molecule has 0 fully saturated rings. The molecule has 3 aromatic rings. The maximum Gasteiger partial charge on any atom is 0.269 e. The third-order valence-corrected chi connectivity index (χ3v) is 4.53. The molecule has 0 aliphatic rings. The number of rotatable bonds is 5. The summed E-state index contributed by atoms with van der Waals surface area (Å²) < 4.78 is 1.37. The van der Waals surface area contributed by atoms with Crippen molar-refractivity contribution in [2.24, 2.45) is 0 Å². The van der Waals surface area contributed by atoms with Gasteiger partial charge in [0.25, 0.3) is 11.5 Å². The second kappa shape index (κ2) is 5.72. The summed E-state index contributed by atoms with van der Waals surface area (Å²) in [5, 5.41) is 14.1. The Morgan fingerprint density at radius 3 is 2.76 bits per heavy atom. The monoisotopic (exact) mass is 304 g/mol. The van der Waals surface area contributed by atoms with Crippen LogP contribution in [0.3, 0.4) is 0 Å². The number of thiophene rings is 1. The van der Waals surface area contributed by atoms with Crippen molar-refractivity contribution >= 4 is 21.6 Å². The van der Waals surface area contributed by atoms with Gasteiger partial charge >= 0.3 is 0 Å². The predicted octanol–water partition coefficient (Wildman–Crippen LogP) is 1.87. The number of aryl methyl sites for hydroxylation is 2. The van der Waals surface area contributed by atoms with Crippen LogP contribution in [0, 0.1) is 0 Å². The van der Waals surface area contributed by atoms with Crippen LogP contribution in [0.25, 0.3) is 16.2 Å². The van der Waals surface area contributed by atoms with E-state index in [-0.39, 0.29) is 5.56 Å². The molecule has 1 N–H and O–H groups in total. The Morgan fingerprint density at radius 2 is 2.10 bits per heavy atom. The molecular weight excluding hydrogens is 288 g/mol. The lowest BCUT2D eigenvalue weighted by Gasteiger charge is -2.02. The van der Waals surface area contributed by atoms with Gasteiger partial charge in [-0.15, -0.1) is 11.3 Å². The maximum absolute atomic E-state index is 12.8. The molecule has 0 spiro atoms. The number of nitrogens with zero attached hydrogens (tertiary/aromatic N) is 5. The van der Waals surface area contributed by atoms with Crippen LogP contribution >= 0.6 is 11.3 Å². The molecule has 0 saturated heterocycles. The van der Waals surface area contributed by atoms with E-state index in [0.29, 0.717) is 11.3 Å². The SMILES string of the molecule is CCCc1sc2ncn(-c3nnn[nH]3)c(=O)c2c1CCC. The van der Waals surface area contributed by atoms with Crippen molar-refractivity contribution in [2.75, 3.05) is 0 Å². The average molecular weight is 304 g/mol. The predicted molar refractivity (Wildman–Crippen MR) is 80.9 cm³/mol. The zero-order valence-electron chi connectivity index (χ0n) is 12.0. The van der Waals surface area contributed by atoms with Crippen LogP contribution in [-0.4, -0.2) is 30.2 Å². The van der Waals surface area contributed by atoms with E-state index in [4.69, 9.17) is 0 Å². The Labute approximate surface area is 125 Å². The number of aromatic nitrogens is 6. The van der Waals surface area contributed by atoms with Crippen LogP contribution in [0.1, 0.15) is 37.1 Å². The molecule has 0 radical (unpaired) electrons. The van der Waals surface area contributed by atoms with Gasteiger partial charge in [-0.2, -0.15) is 0 Å². The first kappa shape index (κ1) is 13.9. The molecule has 0 atom stereocenters. The number of nitrogens with one attached hydrogen (secondary N) is 1. The number of aromatic amines is 1. The minimum atomic E-state index is -0.111. The second-order valence-electron chi connectivity index (χ2n) is 4.83. The van der Waals surface area contributed by atoms with Crippen molar-refractivity contribution in [2.45, 2.75) is 39.5 Å². The molecule has 0 aliphatic carbocycles. The molecule has 0 unspecified atom stereocenters. The van der Waals surface area contributed by atoms with Crippen LogP contribution in [0.15, 0.2) is 11.1 Å². The highest BCUT2D eigenvalue weighted by molar-refractivity contribution is 7.18. The molecule has 3 aromatic heterocycles. The van der Waals surface area contributed by atoms with Gasteiger partial charge in [0, 0.05) is 4.88 Å². The highest BCUT2D eigenvalue weighted by atomic mass is 32.1. The Kier molecular flexibility index (Phi) is 3.78. The van der Waals surface area contributed by atoms with Crippen molar-refractivity contribution in [1.29, 1.82) is 0 Å². The first-order valence-corrected chi connectivity index (χ1v) is 7.83. The van der Waals surface area contributed by atoms with E-state index in [1.54, 1.807) is 11.3 Å². The van der Waals surface area contributed by atoms with E-state index in [1.165, 1.54) is 15.8 Å². The quantitative estimate of drug-likeness (QED) is 0.777. The first-order chi connectivity index (χ1) is 10.3. The standard InChI is InChI=1S/C13H16N6OS/c1-3-5-8-9(6-4-2)21-11-10(8)12(20)19(7-14-11)13-15-17-18-16-13/h7H,3-6H2,1-2H3,(H,15,16,17,18). The summed E-state index contributed by atoms with van der Waals surface area (Å²) in [4.78, 5) is 19.2. The Morgan fingerprint density at radius 1 is 1.29 bits per heavy atom. The molecule has 0 amide bonds. The van der Waals surface area contributed by atoms with Crippen molar-refractivity contribution in [3.8, 4) is 5.95 Å². The third kappa shape index (κ3) is 2.35. The normalized spacial score (nSPS) is 11.3. The lowest BCUT2D eigenvalue weighted by molar-refractivity contribution is 0.864. The van der Waals surface area contributed by atoms with E-state index >= 15 is 0 Å². The topological polar surface area (TPSA) is 89.3 Å². The molecule has 0 aliphatic heterocycles. The van der Waals surface area contributed by atoms with Gasteiger partial charge in [-0.05, 0) is 28.8 Å². The summed E-state index contributed by atoms with van der Waals surface area (Å²) in [6.45, 7) is 4.26. The molecular formula is C13H16N6OS. The lowest BCUT2D eigenvalue weighted by atomic mass is 10.1. The summed E-state index contributed by atoms with van der Waals surface area (Å²) in [6, 6.07) is 0. The average Bonchev–Trinajstić information content (AvgIpc) is 3.09. The van der Waals surface area contributed by atoms with Crippen LogP contribution in [0.5, 0.6) is 0 Å². The van der Waals surface area contributed by atoms with Crippen LogP contribution < -0.4 is 5.56 Å². The van der Waals surface area contributed by atoms with Crippen molar-refractivity contribution in [1.82, 2.24) is 30.2 Å². The van der Waals surface area contributed by atoms with Gasteiger partial charge in [-0.3, -0.25) is 4.79 Å². The summed E-state index contributed by atoms with van der Waals surface area (Å²) in [5.41, 5.74) is 1.03. The van der Waals surface area contributed by atoms with E-state index in [0.717, 1.165) is 36.1 Å². The fourth-order valence-corrected chi connectivity index (χ4v) is 3.72. The molecule has 110 valence electrons. The van der Waals surface area contributed by atoms with Crippen LogP contribution in [-0.2, 0) is 12.8 Å². The van der Waals surface area contributed by atoms with Gasteiger partial charge in [0.1, 0.15) is 11.2 Å². The molecule has 7 nitrogen and oxygen atoms in total. The van der Waals surface area contributed by atoms with Crippen LogP contribution in [0.2, 0.25) is 0 Å². The number of fused-ring (bicyclic) bond motifs is 1. The highest BCUT2D eigenvalue weighted by Crippen LogP contribution is 2.29. The second-order valence-corrected chi connectivity index (χ2v) is 5.91. The van der Waals surface area contributed by atoms with Gasteiger partial charge in [0.05, 0.1) is 5.39 Å². The van der Waals surface area contributed by atoms with E-state index in [2.05, 4.69) is 39.5 Å². The molecule has 0 aromatic carbocycles. The molecule has 3 heterocycles. The number of H-pyrrole nitrogens is 1. The minimum absolute atomic E-state index is 0.111. The third-order valence-electron chi connectivity index (χ3n) is 3.33. The summed E-state index contributed by atoms with van der Waals surface area (Å²) in [7, 11) is 0. The Bertz CT molecular complexity index is 804. The number of hydrogen-bond acceptors (Lipinski definition) is 6. The lowest BCUT2D eigenvalue weighted by Crippen LogP contribution is -2.20. The summed E-state index contributed by atoms with van der Waals surface area (Å²) in [5.74, 6) is 0.292. The number of hydrogen-bond donors (Lipinski definition) is 1. The fourth-order valence-electron chi connectivity index (χ4n) is 2.44. The van der Waals surface area contributed by atoms with E-state index in [9.17, 15) is 4.79 Å². The zero-order valence-corrected chi connectivity index (χ0v) is 12.8. The van der Waals surface area contributed by atoms with Crippen molar-refractivity contribution in [3.63, 3.8) is 0 Å².